The highest BCUT2D eigenvalue weighted by atomic mass is 35.5. The third-order valence-corrected chi connectivity index (χ3v) is 6.04. The fourth-order valence-corrected chi connectivity index (χ4v) is 3.70. The number of carbonyl (C=O) groups excluding carboxylic acids is 1. The molecule has 0 bridgehead atoms. The van der Waals surface area contributed by atoms with Crippen LogP contribution in [0, 0.1) is 5.41 Å². The lowest BCUT2D eigenvalue weighted by Gasteiger charge is -2.34. The van der Waals surface area contributed by atoms with Crippen LogP contribution in [0.1, 0.15) is 23.2 Å². The summed E-state index contributed by atoms with van der Waals surface area (Å²) in [6.07, 6.45) is -3.03. The van der Waals surface area contributed by atoms with E-state index < -0.39 is 18.2 Å². The highest BCUT2D eigenvalue weighted by Crippen LogP contribution is 2.57. The third-order valence-electron chi connectivity index (χ3n) is 5.96. The van der Waals surface area contributed by atoms with E-state index in [-0.39, 0.29) is 52.7 Å². The Morgan fingerprint density at radius 3 is 2.57 bits per heavy atom. The minimum atomic E-state index is -4.34. The summed E-state index contributed by atoms with van der Waals surface area (Å²) >= 11 is 5.69. The van der Waals surface area contributed by atoms with Crippen LogP contribution >= 0.6 is 11.6 Å². The molecule has 0 aromatic carbocycles. The fourth-order valence-electron chi connectivity index (χ4n) is 3.62. The summed E-state index contributed by atoms with van der Waals surface area (Å²) in [6.45, 7) is 8.31. The molecule has 1 amide bonds. The van der Waals surface area contributed by atoms with Crippen molar-refractivity contribution in [3.63, 3.8) is 0 Å². The van der Waals surface area contributed by atoms with Gasteiger partial charge in [0.1, 0.15) is 17.2 Å². The number of nitrogens with zero attached hydrogens (tertiary/aromatic N) is 5. The molecule has 1 aromatic heterocycles. The minimum absolute atomic E-state index is 0.0169. The van der Waals surface area contributed by atoms with Crippen LogP contribution in [0.3, 0.4) is 0 Å². The molecule has 1 saturated heterocycles. The Kier molecular flexibility index (Phi) is 6.67. The number of amides is 1. The Morgan fingerprint density at radius 1 is 1.31 bits per heavy atom. The smallest absolute Gasteiger partial charge is 0.397 e. The molecule has 3 heterocycles. The van der Waals surface area contributed by atoms with Crippen LogP contribution in [-0.2, 0) is 4.74 Å². The molecule has 0 atom stereocenters. The number of aromatic nitrogens is 1. The lowest BCUT2D eigenvalue weighted by molar-refractivity contribution is -0.194. The molecule has 188 valence electrons. The van der Waals surface area contributed by atoms with Crippen molar-refractivity contribution in [2.24, 2.45) is 15.4 Å². The number of aliphatic imine (C=N–C) groups is 2. The van der Waals surface area contributed by atoms with Crippen LogP contribution in [0.4, 0.5) is 13.2 Å². The van der Waals surface area contributed by atoms with Gasteiger partial charge >= 0.3 is 6.18 Å². The molecule has 1 aromatic rings. The molecule has 1 aliphatic carbocycles. The van der Waals surface area contributed by atoms with Gasteiger partial charge in [-0.3, -0.25) is 4.79 Å². The van der Waals surface area contributed by atoms with Crippen LogP contribution in [0.15, 0.2) is 46.3 Å². The number of rotatable bonds is 6. The molecule has 35 heavy (non-hydrogen) atoms. The summed E-state index contributed by atoms with van der Waals surface area (Å²) in [6, 6.07) is 1.73. The number of hydrogen-bond donors (Lipinski definition) is 0. The molecule has 0 spiro atoms. The summed E-state index contributed by atoms with van der Waals surface area (Å²) in [7, 11) is 1.33. The first-order valence-corrected chi connectivity index (χ1v) is 11.1. The predicted octanol–water partition coefficient (Wildman–Crippen LogP) is 3.58. The van der Waals surface area contributed by atoms with Gasteiger partial charge < -0.3 is 24.0 Å². The summed E-state index contributed by atoms with van der Waals surface area (Å²) in [4.78, 5) is 28.7. The number of halogens is 4. The Bertz CT molecular complexity index is 1110. The second kappa shape index (κ2) is 9.40. The summed E-state index contributed by atoms with van der Waals surface area (Å²) in [5.41, 5.74) is -1.60. The van der Waals surface area contributed by atoms with Crippen LogP contribution in [-0.4, -0.2) is 78.6 Å². The Labute approximate surface area is 204 Å². The second-order valence-corrected chi connectivity index (χ2v) is 8.74. The first kappa shape index (κ1) is 24.8. The normalized spacial score (nSPS) is 20.4. The summed E-state index contributed by atoms with van der Waals surface area (Å²) < 4.78 is 55.5. The molecule has 0 unspecified atom stereocenters. The third kappa shape index (κ3) is 5.21. The molecule has 2 fully saturated rings. The molecule has 0 radical (unpaired) electrons. The van der Waals surface area contributed by atoms with Crippen molar-refractivity contribution in [3.05, 3.63) is 41.9 Å². The zero-order chi connectivity index (χ0) is 25.4. The van der Waals surface area contributed by atoms with E-state index in [2.05, 4.69) is 28.1 Å². The van der Waals surface area contributed by atoms with Crippen molar-refractivity contribution in [3.8, 4) is 11.6 Å². The molecular formula is C22H23ClF3N5O4. The van der Waals surface area contributed by atoms with Crippen molar-refractivity contribution in [2.45, 2.75) is 19.0 Å². The van der Waals surface area contributed by atoms with E-state index in [1.54, 1.807) is 4.90 Å². The Morgan fingerprint density at radius 2 is 2.00 bits per heavy atom. The van der Waals surface area contributed by atoms with Crippen LogP contribution in [0.25, 0.3) is 0 Å². The molecular weight excluding hydrogens is 491 g/mol. The van der Waals surface area contributed by atoms with Crippen LogP contribution < -0.4 is 9.47 Å². The number of amidine groups is 2. The monoisotopic (exact) mass is 513 g/mol. The van der Waals surface area contributed by atoms with Crippen molar-refractivity contribution >= 4 is 29.4 Å². The predicted molar refractivity (Wildman–Crippen MR) is 122 cm³/mol. The quantitative estimate of drug-likeness (QED) is 0.540. The van der Waals surface area contributed by atoms with Crippen molar-refractivity contribution in [1.29, 1.82) is 0 Å². The van der Waals surface area contributed by atoms with Gasteiger partial charge in [0.05, 0.1) is 12.7 Å². The maximum absolute atomic E-state index is 13.2. The van der Waals surface area contributed by atoms with Gasteiger partial charge in [-0.05, 0) is 12.8 Å². The zero-order valence-corrected chi connectivity index (χ0v) is 19.7. The van der Waals surface area contributed by atoms with E-state index in [0.717, 1.165) is 0 Å². The molecule has 13 heteroatoms. The van der Waals surface area contributed by atoms with Gasteiger partial charge in [0.15, 0.2) is 11.5 Å². The van der Waals surface area contributed by atoms with E-state index in [1.807, 2.05) is 4.90 Å². The van der Waals surface area contributed by atoms with Crippen LogP contribution in [0.5, 0.6) is 11.6 Å². The molecule has 4 rings (SSSR count). The molecule has 2 aliphatic heterocycles. The largest absolute Gasteiger partial charge is 0.491 e. The summed E-state index contributed by atoms with van der Waals surface area (Å²) in [5.74, 6) is 0.200. The van der Waals surface area contributed by atoms with Gasteiger partial charge in [-0.15, -0.1) is 0 Å². The van der Waals surface area contributed by atoms with E-state index in [1.165, 1.54) is 19.4 Å². The molecule has 1 saturated carbocycles. The number of carbonyl (C=O) groups is 1. The van der Waals surface area contributed by atoms with Crippen molar-refractivity contribution in [1.82, 2.24) is 14.8 Å². The first-order valence-electron chi connectivity index (χ1n) is 10.7. The van der Waals surface area contributed by atoms with Gasteiger partial charge in [-0.1, -0.05) is 24.8 Å². The second-order valence-electron chi connectivity index (χ2n) is 8.31. The average Bonchev–Trinajstić information content (AvgIpc) is 3.55. The van der Waals surface area contributed by atoms with Crippen LogP contribution in [0.2, 0.25) is 0 Å². The minimum Gasteiger partial charge on any atom is -0.491 e. The van der Waals surface area contributed by atoms with Gasteiger partial charge in [-0.25, -0.2) is 9.98 Å². The van der Waals surface area contributed by atoms with E-state index in [9.17, 15) is 18.0 Å². The lowest BCUT2D eigenvalue weighted by Crippen LogP contribution is -2.50. The topological polar surface area (TPSA) is 88.9 Å². The molecule has 3 aliphatic rings. The standard InChI is InChI=1S/C22H23ClF3N5O4/c1-13-17(28-14(2)23)29-20(35-13)31-8-6-30(7-9-31)19(32)15-10-16(33-3)18(27-11-15)34-12-21(4-5-21)22(24,25)26/h10-11H,1-2,4-9,12H2,3H3/b28-17+. The number of ether oxygens (including phenoxy) is 3. The van der Waals surface area contributed by atoms with Crippen molar-refractivity contribution in [2.75, 3.05) is 39.9 Å². The highest BCUT2D eigenvalue weighted by molar-refractivity contribution is 6.30. The Hall–Kier alpha value is -3.28. The zero-order valence-electron chi connectivity index (χ0n) is 18.9. The fraction of sp³-hybridized carbons (Fsp3) is 0.455. The number of alkyl halides is 3. The SMILES string of the molecule is C=C(Cl)/N=C1/N=C(N2CCN(C(=O)c3cnc(OCC4(C(F)(F)F)CC4)c(OC)c3)CC2)OC1=C. The molecule has 0 N–H and O–H groups in total. The van der Waals surface area contributed by atoms with Gasteiger partial charge in [0, 0.05) is 38.4 Å². The first-order chi connectivity index (χ1) is 16.5. The summed E-state index contributed by atoms with van der Waals surface area (Å²) in [5, 5.41) is 0.0537. The maximum Gasteiger partial charge on any atom is 0.397 e. The number of hydrogen-bond acceptors (Lipinski definition) is 7. The lowest BCUT2D eigenvalue weighted by atomic mass is 10.1. The highest BCUT2D eigenvalue weighted by Gasteiger charge is 2.64. The number of pyridine rings is 1. The van der Waals surface area contributed by atoms with E-state index in [4.69, 9.17) is 25.8 Å². The van der Waals surface area contributed by atoms with Crippen molar-refractivity contribution < 1.29 is 32.2 Å². The Balaban J connectivity index is 1.37. The molecule has 9 nitrogen and oxygen atoms in total. The van der Waals surface area contributed by atoms with Gasteiger partial charge in [0.2, 0.25) is 5.84 Å². The average molecular weight is 514 g/mol. The van der Waals surface area contributed by atoms with E-state index in [0.29, 0.717) is 32.2 Å². The number of methoxy groups -OCH3 is 1. The maximum atomic E-state index is 13.2. The van der Waals surface area contributed by atoms with Gasteiger partial charge in [0.25, 0.3) is 17.8 Å². The van der Waals surface area contributed by atoms with Gasteiger partial charge in [-0.2, -0.15) is 18.2 Å². The van der Waals surface area contributed by atoms with E-state index >= 15 is 0 Å². The number of piperazine rings is 1.